The summed E-state index contributed by atoms with van der Waals surface area (Å²) in [5.41, 5.74) is 1.16. The number of hydrogen-bond donors (Lipinski definition) is 0. The number of hydrogen-bond acceptors (Lipinski definition) is 1. The molecule has 0 fully saturated rings. The molecule has 0 aliphatic heterocycles. The number of aryl methyl sites for hydroxylation is 2. The molecule has 0 radical (unpaired) electrons. The van der Waals surface area contributed by atoms with E-state index >= 15 is 0 Å². The highest BCUT2D eigenvalue weighted by atomic mass is 79.9. The van der Waals surface area contributed by atoms with Crippen molar-refractivity contribution in [2.45, 2.75) is 25.9 Å². The van der Waals surface area contributed by atoms with E-state index in [2.05, 4.69) is 20.7 Å². The lowest BCUT2D eigenvalue weighted by molar-refractivity contribution is -0.290. The number of ether oxygens (including phenoxy) is 1. The first-order valence-electron chi connectivity index (χ1n) is 4.88. The van der Waals surface area contributed by atoms with E-state index in [0.29, 0.717) is 11.1 Å². The van der Waals surface area contributed by atoms with Crippen molar-refractivity contribution in [1.29, 1.82) is 0 Å². The van der Waals surface area contributed by atoms with Crippen molar-refractivity contribution in [2.24, 2.45) is 0 Å². The topological polar surface area (TPSA) is 9.23 Å². The van der Waals surface area contributed by atoms with Gasteiger partial charge >= 0.3 is 12.1 Å². The fourth-order valence-electron chi connectivity index (χ4n) is 1.16. The van der Waals surface area contributed by atoms with Gasteiger partial charge in [0.1, 0.15) is 5.75 Å². The molecule has 1 rings (SSSR count). The Morgan fingerprint density at radius 2 is 1.61 bits per heavy atom. The van der Waals surface area contributed by atoms with E-state index in [1.165, 1.54) is 6.07 Å². The van der Waals surface area contributed by atoms with Crippen molar-refractivity contribution in [1.82, 2.24) is 0 Å². The minimum Gasteiger partial charge on any atom is -0.487 e. The SMILES string of the molecule is Cc1cc(OCC(F)(F)C(F)(F)F)c(C)cc1Br. The first-order chi connectivity index (χ1) is 8.04. The van der Waals surface area contributed by atoms with E-state index < -0.39 is 18.7 Å². The molecule has 0 unspecified atom stereocenters. The van der Waals surface area contributed by atoms with Crippen molar-refractivity contribution in [3.05, 3.63) is 27.7 Å². The third kappa shape index (κ3) is 3.34. The average Bonchev–Trinajstić information content (AvgIpc) is 2.20. The number of halogens is 6. The second-order valence-electron chi connectivity index (χ2n) is 3.86. The Kier molecular flexibility index (Phi) is 4.25. The Bertz CT molecular complexity index is 442. The second-order valence-corrected chi connectivity index (χ2v) is 4.71. The molecule has 0 aliphatic rings. The van der Waals surface area contributed by atoms with Crippen LogP contribution in [0.3, 0.4) is 0 Å². The molecule has 0 aliphatic carbocycles. The molecule has 1 nitrogen and oxygen atoms in total. The fourth-order valence-corrected chi connectivity index (χ4v) is 1.62. The molecule has 0 amide bonds. The monoisotopic (exact) mass is 332 g/mol. The number of benzene rings is 1. The summed E-state index contributed by atoms with van der Waals surface area (Å²) in [6.45, 7) is 1.52. The van der Waals surface area contributed by atoms with Crippen LogP contribution in [0.5, 0.6) is 5.75 Å². The van der Waals surface area contributed by atoms with Gasteiger partial charge in [-0.1, -0.05) is 15.9 Å². The zero-order chi connectivity index (χ0) is 14.1. The Balaban J connectivity index is 2.85. The van der Waals surface area contributed by atoms with E-state index in [1.54, 1.807) is 19.9 Å². The Labute approximate surface area is 109 Å². The van der Waals surface area contributed by atoms with E-state index in [0.717, 1.165) is 4.47 Å². The maximum atomic E-state index is 12.7. The number of alkyl halides is 5. The molecule has 1 aromatic carbocycles. The van der Waals surface area contributed by atoms with Gasteiger partial charge in [0.2, 0.25) is 0 Å². The summed E-state index contributed by atoms with van der Waals surface area (Å²) >= 11 is 3.22. The highest BCUT2D eigenvalue weighted by Crippen LogP contribution is 2.36. The Hall–Kier alpha value is -0.850. The molecule has 7 heteroatoms. The molecule has 0 saturated heterocycles. The Morgan fingerprint density at radius 1 is 1.06 bits per heavy atom. The van der Waals surface area contributed by atoms with Crippen LogP contribution in [0.4, 0.5) is 22.0 Å². The molecule has 0 N–H and O–H groups in total. The maximum absolute atomic E-state index is 12.7. The molecule has 0 heterocycles. The standard InChI is InChI=1S/C11H10BrF5O/c1-6-4-9(7(2)3-8(6)12)18-5-10(13,14)11(15,16)17/h3-4H,5H2,1-2H3. The van der Waals surface area contributed by atoms with Crippen LogP contribution < -0.4 is 4.74 Å². The first-order valence-corrected chi connectivity index (χ1v) is 5.68. The highest BCUT2D eigenvalue weighted by molar-refractivity contribution is 9.10. The molecule has 18 heavy (non-hydrogen) atoms. The van der Waals surface area contributed by atoms with Gasteiger partial charge in [0.15, 0.2) is 6.61 Å². The van der Waals surface area contributed by atoms with Crippen molar-refractivity contribution in [3.63, 3.8) is 0 Å². The lowest BCUT2D eigenvalue weighted by Crippen LogP contribution is -2.41. The van der Waals surface area contributed by atoms with E-state index in [1.807, 2.05) is 0 Å². The lowest BCUT2D eigenvalue weighted by atomic mass is 10.1. The molecular formula is C11H10BrF5O. The van der Waals surface area contributed by atoms with Crippen molar-refractivity contribution < 1.29 is 26.7 Å². The summed E-state index contributed by atoms with van der Waals surface area (Å²) < 4.78 is 66.5. The zero-order valence-corrected chi connectivity index (χ0v) is 11.1. The van der Waals surface area contributed by atoms with Gasteiger partial charge in [-0.2, -0.15) is 22.0 Å². The largest absolute Gasteiger partial charge is 0.487 e. The maximum Gasteiger partial charge on any atom is 0.456 e. The zero-order valence-electron chi connectivity index (χ0n) is 9.54. The van der Waals surface area contributed by atoms with Crippen LogP contribution in [-0.2, 0) is 0 Å². The van der Waals surface area contributed by atoms with E-state index in [9.17, 15) is 22.0 Å². The van der Waals surface area contributed by atoms with Crippen LogP contribution in [0.15, 0.2) is 16.6 Å². The third-order valence-electron chi connectivity index (χ3n) is 2.28. The van der Waals surface area contributed by atoms with E-state index in [4.69, 9.17) is 0 Å². The minimum absolute atomic E-state index is 0.0135. The van der Waals surface area contributed by atoms with Crippen LogP contribution in [0.25, 0.3) is 0 Å². The molecule has 0 bridgehead atoms. The van der Waals surface area contributed by atoms with E-state index in [-0.39, 0.29) is 5.75 Å². The van der Waals surface area contributed by atoms with Crippen LogP contribution in [0.2, 0.25) is 0 Å². The number of rotatable bonds is 3. The first kappa shape index (κ1) is 15.2. The van der Waals surface area contributed by atoms with Gasteiger partial charge in [-0.25, -0.2) is 0 Å². The van der Waals surface area contributed by atoms with Crippen molar-refractivity contribution in [3.8, 4) is 5.75 Å². The molecule has 0 spiro atoms. The van der Waals surface area contributed by atoms with Crippen molar-refractivity contribution >= 4 is 15.9 Å². The minimum atomic E-state index is -5.61. The van der Waals surface area contributed by atoms with Gasteiger partial charge in [0, 0.05) is 4.47 Å². The summed E-state index contributed by atoms with van der Waals surface area (Å²) in [4.78, 5) is 0. The third-order valence-corrected chi connectivity index (χ3v) is 3.13. The van der Waals surface area contributed by atoms with Crippen LogP contribution >= 0.6 is 15.9 Å². The normalized spacial score (nSPS) is 12.7. The molecular weight excluding hydrogens is 323 g/mol. The van der Waals surface area contributed by atoms with Crippen LogP contribution in [0, 0.1) is 13.8 Å². The average molecular weight is 333 g/mol. The molecule has 0 saturated carbocycles. The van der Waals surface area contributed by atoms with Crippen LogP contribution in [-0.4, -0.2) is 18.7 Å². The van der Waals surface area contributed by atoms with Gasteiger partial charge < -0.3 is 4.74 Å². The Morgan fingerprint density at radius 3 is 2.11 bits per heavy atom. The summed E-state index contributed by atoms with van der Waals surface area (Å²) in [5.74, 6) is -4.85. The summed E-state index contributed by atoms with van der Waals surface area (Å²) in [6.07, 6.45) is -5.61. The van der Waals surface area contributed by atoms with Gasteiger partial charge in [-0.05, 0) is 37.1 Å². The smallest absolute Gasteiger partial charge is 0.456 e. The van der Waals surface area contributed by atoms with Gasteiger partial charge in [-0.15, -0.1) is 0 Å². The molecule has 0 atom stereocenters. The summed E-state index contributed by atoms with van der Waals surface area (Å²) in [7, 11) is 0. The molecule has 102 valence electrons. The van der Waals surface area contributed by atoms with Gasteiger partial charge in [0.05, 0.1) is 0 Å². The lowest BCUT2D eigenvalue weighted by Gasteiger charge is -2.20. The molecule has 1 aromatic rings. The van der Waals surface area contributed by atoms with Crippen molar-refractivity contribution in [2.75, 3.05) is 6.61 Å². The second kappa shape index (κ2) is 5.03. The van der Waals surface area contributed by atoms with Crippen LogP contribution in [0.1, 0.15) is 11.1 Å². The fraction of sp³-hybridized carbons (Fsp3) is 0.455. The molecule has 0 aromatic heterocycles. The highest BCUT2D eigenvalue weighted by Gasteiger charge is 2.58. The quantitative estimate of drug-likeness (QED) is 0.732. The summed E-state index contributed by atoms with van der Waals surface area (Å²) in [6, 6.07) is 3.00. The van der Waals surface area contributed by atoms with Gasteiger partial charge in [0.25, 0.3) is 0 Å². The predicted octanol–water partition coefficient (Wildman–Crippen LogP) is 4.64. The predicted molar refractivity (Wildman–Crippen MR) is 60.1 cm³/mol. The van der Waals surface area contributed by atoms with Gasteiger partial charge in [-0.3, -0.25) is 0 Å². The summed E-state index contributed by atoms with van der Waals surface area (Å²) in [5, 5.41) is 0.